The van der Waals surface area contributed by atoms with Crippen LogP contribution in [0.2, 0.25) is 0 Å². The van der Waals surface area contributed by atoms with Gasteiger partial charge in [-0.2, -0.15) is 4.98 Å². The van der Waals surface area contributed by atoms with Crippen LogP contribution in [0.25, 0.3) is 0 Å². The second-order valence-electron chi connectivity index (χ2n) is 3.76. The first-order valence-corrected chi connectivity index (χ1v) is 6.79. The first-order valence-electron chi connectivity index (χ1n) is 5.99. The second-order valence-corrected chi connectivity index (χ2v) is 4.62. The van der Waals surface area contributed by atoms with Gasteiger partial charge in [-0.25, -0.2) is 4.98 Å². The average molecular weight is 332 g/mol. The molecule has 0 unspecified atom stereocenters. The van der Waals surface area contributed by atoms with Gasteiger partial charge in [0, 0.05) is 19.3 Å². The molecule has 0 bridgehead atoms. The molecule has 0 saturated carbocycles. The fourth-order valence-corrected chi connectivity index (χ4v) is 1.56. The maximum atomic E-state index is 10.5. The van der Waals surface area contributed by atoms with E-state index in [0.29, 0.717) is 24.9 Å². The van der Waals surface area contributed by atoms with Gasteiger partial charge in [0.2, 0.25) is 11.9 Å². The predicted octanol–water partition coefficient (Wildman–Crippen LogP) is 0.975. The van der Waals surface area contributed by atoms with Crippen LogP contribution in [0.1, 0.15) is 13.3 Å². The molecule has 0 aliphatic heterocycles. The molecule has 8 heteroatoms. The second kappa shape index (κ2) is 8.65. The van der Waals surface area contributed by atoms with Crippen molar-refractivity contribution in [2.75, 3.05) is 36.9 Å². The summed E-state index contributed by atoms with van der Waals surface area (Å²) in [4.78, 5) is 18.9. The summed E-state index contributed by atoms with van der Waals surface area (Å²) in [5.74, 6) is 0.774. The van der Waals surface area contributed by atoms with E-state index in [1.807, 2.05) is 0 Å². The number of anilines is 2. The number of carbonyl (C=O) groups is 1. The van der Waals surface area contributed by atoms with E-state index in [-0.39, 0.29) is 6.61 Å². The smallest absolute Gasteiger partial charge is 0.243 e. The molecule has 0 fully saturated rings. The topological polar surface area (TPSA) is 102 Å². The standard InChI is InChI=1S/C11H18BrN5O2/c1-2-3-15-11-16-6-8(12)10(17-11)14-4-5-19-7-9(13)18/h6H,2-5,7H2,1H3,(H2,13,18)(H2,14,15,16,17). The highest BCUT2D eigenvalue weighted by Gasteiger charge is 2.04. The number of aromatic nitrogens is 2. The molecule has 0 aliphatic rings. The van der Waals surface area contributed by atoms with E-state index >= 15 is 0 Å². The molecular formula is C11H18BrN5O2. The Hall–Kier alpha value is -1.41. The van der Waals surface area contributed by atoms with Crippen molar-refractivity contribution in [1.82, 2.24) is 9.97 Å². The van der Waals surface area contributed by atoms with Gasteiger partial charge in [0.15, 0.2) is 0 Å². The van der Waals surface area contributed by atoms with Gasteiger partial charge in [-0.15, -0.1) is 0 Å². The van der Waals surface area contributed by atoms with Crippen molar-refractivity contribution in [1.29, 1.82) is 0 Å². The molecule has 19 heavy (non-hydrogen) atoms. The van der Waals surface area contributed by atoms with Crippen LogP contribution in [0.4, 0.5) is 11.8 Å². The SMILES string of the molecule is CCCNc1ncc(Br)c(NCCOCC(N)=O)n1. The van der Waals surface area contributed by atoms with Crippen LogP contribution in [-0.4, -0.2) is 42.2 Å². The number of nitrogens with two attached hydrogens (primary N) is 1. The van der Waals surface area contributed by atoms with Crippen LogP contribution in [0.3, 0.4) is 0 Å². The summed E-state index contributed by atoms with van der Waals surface area (Å²) in [5, 5.41) is 6.19. The van der Waals surface area contributed by atoms with E-state index in [4.69, 9.17) is 10.5 Å². The lowest BCUT2D eigenvalue weighted by atomic mass is 10.5. The fraction of sp³-hybridized carbons (Fsp3) is 0.545. The molecule has 1 amide bonds. The summed E-state index contributed by atoms with van der Waals surface area (Å²) in [6, 6.07) is 0. The van der Waals surface area contributed by atoms with E-state index in [1.165, 1.54) is 0 Å². The number of carbonyl (C=O) groups excluding carboxylic acids is 1. The zero-order chi connectivity index (χ0) is 14.1. The van der Waals surface area contributed by atoms with Crippen molar-refractivity contribution in [2.45, 2.75) is 13.3 Å². The van der Waals surface area contributed by atoms with Crippen molar-refractivity contribution in [3.8, 4) is 0 Å². The predicted molar refractivity (Wildman–Crippen MR) is 77.0 cm³/mol. The van der Waals surface area contributed by atoms with Crippen molar-refractivity contribution in [2.24, 2.45) is 5.73 Å². The molecule has 7 nitrogen and oxygen atoms in total. The maximum Gasteiger partial charge on any atom is 0.243 e. The number of hydrogen-bond donors (Lipinski definition) is 3. The lowest BCUT2D eigenvalue weighted by molar-refractivity contribution is -0.122. The van der Waals surface area contributed by atoms with Gasteiger partial charge in [-0.1, -0.05) is 6.92 Å². The number of primary amides is 1. The van der Waals surface area contributed by atoms with Gasteiger partial charge in [-0.3, -0.25) is 4.79 Å². The molecule has 1 aromatic rings. The van der Waals surface area contributed by atoms with Crippen molar-refractivity contribution in [3.63, 3.8) is 0 Å². The summed E-state index contributed by atoms with van der Waals surface area (Å²) in [5.41, 5.74) is 4.96. The molecule has 1 rings (SSSR count). The van der Waals surface area contributed by atoms with Gasteiger partial charge in [0.05, 0.1) is 11.1 Å². The van der Waals surface area contributed by atoms with Crippen LogP contribution in [0, 0.1) is 0 Å². The molecule has 0 aliphatic carbocycles. The minimum Gasteiger partial charge on any atom is -0.370 e. The number of ether oxygens (including phenoxy) is 1. The molecule has 0 atom stereocenters. The third-order valence-corrected chi connectivity index (χ3v) is 2.64. The van der Waals surface area contributed by atoms with Crippen LogP contribution in [0.15, 0.2) is 10.7 Å². The Morgan fingerprint density at radius 3 is 2.95 bits per heavy atom. The molecule has 4 N–H and O–H groups in total. The quantitative estimate of drug-likeness (QED) is 0.583. The Morgan fingerprint density at radius 2 is 2.26 bits per heavy atom. The Bertz CT molecular complexity index is 416. The monoisotopic (exact) mass is 331 g/mol. The van der Waals surface area contributed by atoms with E-state index in [0.717, 1.165) is 17.4 Å². The number of halogens is 1. The summed E-state index contributed by atoms with van der Waals surface area (Å²) < 4.78 is 5.81. The van der Waals surface area contributed by atoms with E-state index in [2.05, 4.69) is 43.5 Å². The van der Waals surface area contributed by atoms with Crippen molar-refractivity contribution < 1.29 is 9.53 Å². The zero-order valence-electron chi connectivity index (χ0n) is 10.8. The lowest BCUT2D eigenvalue weighted by Crippen LogP contribution is -2.21. The Balaban J connectivity index is 2.41. The highest BCUT2D eigenvalue weighted by atomic mass is 79.9. The Kier molecular flexibility index (Phi) is 7.12. The third kappa shape index (κ3) is 6.35. The van der Waals surface area contributed by atoms with Crippen LogP contribution in [-0.2, 0) is 9.53 Å². The summed E-state index contributed by atoms with van der Waals surface area (Å²) in [6.07, 6.45) is 2.68. The highest BCUT2D eigenvalue weighted by molar-refractivity contribution is 9.10. The molecular weight excluding hydrogens is 314 g/mol. The minimum atomic E-state index is -0.478. The maximum absolute atomic E-state index is 10.5. The molecule has 106 valence electrons. The zero-order valence-corrected chi connectivity index (χ0v) is 12.4. The molecule has 0 saturated heterocycles. The van der Waals surface area contributed by atoms with Gasteiger partial charge in [0.1, 0.15) is 12.4 Å². The third-order valence-electron chi connectivity index (χ3n) is 2.06. The minimum absolute atomic E-state index is 0.0735. The van der Waals surface area contributed by atoms with Gasteiger partial charge in [0.25, 0.3) is 0 Å². The molecule has 1 heterocycles. The highest BCUT2D eigenvalue weighted by Crippen LogP contribution is 2.19. The van der Waals surface area contributed by atoms with Gasteiger partial charge >= 0.3 is 0 Å². The first kappa shape index (κ1) is 15.6. The van der Waals surface area contributed by atoms with Gasteiger partial charge in [-0.05, 0) is 22.4 Å². The molecule has 0 aromatic carbocycles. The van der Waals surface area contributed by atoms with E-state index in [9.17, 15) is 4.79 Å². The summed E-state index contributed by atoms with van der Waals surface area (Å²) in [7, 11) is 0. The van der Waals surface area contributed by atoms with Crippen molar-refractivity contribution >= 4 is 33.6 Å². The number of rotatable bonds is 9. The fourth-order valence-electron chi connectivity index (χ4n) is 1.23. The molecule has 0 spiro atoms. The van der Waals surface area contributed by atoms with Crippen LogP contribution < -0.4 is 16.4 Å². The molecule has 0 radical (unpaired) electrons. The average Bonchev–Trinajstić information content (AvgIpc) is 2.38. The largest absolute Gasteiger partial charge is 0.370 e. The molecule has 1 aromatic heterocycles. The van der Waals surface area contributed by atoms with Crippen LogP contribution >= 0.6 is 15.9 Å². The normalized spacial score (nSPS) is 10.2. The Morgan fingerprint density at radius 1 is 1.47 bits per heavy atom. The summed E-state index contributed by atoms with van der Waals surface area (Å²) in [6.45, 7) is 3.72. The van der Waals surface area contributed by atoms with Gasteiger partial charge < -0.3 is 21.1 Å². The van der Waals surface area contributed by atoms with Crippen LogP contribution in [0.5, 0.6) is 0 Å². The van der Waals surface area contributed by atoms with Crippen molar-refractivity contribution in [3.05, 3.63) is 10.7 Å². The lowest BCUT2D eigenvalue weighted by Gasteiger charge is -2.09. The van der Waals surface area contributed by atoms with E-state index in [1.54, 1.807) is 6.20 Å². The number of nitrogens with zero attached hydrogens (tertiary/aromatic N) is 2. The number of hydrogen-bond acceptors (Lipinski definition) is 6. The Labute approximate surface area is 120 Å². The number of nitrogens with one attached hydrogen (secondary N) is 2. The van der Waals surface area contributed by atoms with E-state index < -0.39 is 5.91 Å². The summed E-state index contributed by atoms with van der Waals surface area (Å²) >= 11 is 3.36. The first-order chi connectivity index (χ1) is 9.13. The number of amides is 1.